The van der Waals surface area contributed by atoms with Crippen LogP contribution < -0.4 is 0 Å². The van der Waals surface area contributed by atoms with Gasteiger partial charge in [-0.3, -0.25) is 4.90 Å². The highest BCUT2D eigenvalue weighted by Gasteiger charge is 2.20. The number of hydrogen-bond donors (Lipinski definition) is 0. The van der Waals surface area contributed by atoms with E-state index in [0.717, 1.165) is 55.4 Å². The summed E-state index contributed by atoms with van der Waals surface area (Å²) in [6.07, 6.45) is 1.82. The summed E-state index contributed by atoms with van der Waals surface area (Å²) < 4.78 is 12.6. The lowest BCUT2D eigenvalue weighted by atomic mass is 10.1. The maximum Gasteiger partial charge on any atom is 0.339 e. The number of nitrogens with zero attached hydrogens (tertiary/aromatic N) is 3. The normalized spacial score (nSPS) is 15.1. The third-order valence-electron chi connectivity index (χ3n) is 4.82. The highest BCUT2D eigenvalue weighted by molar-refractivity contribution is 6.30. The molecule has 1 aliphatic rings. The Morgan fingerprint density at radius 2 is 1.93 bits per heavy atom. The Morgan fingerprint density at radius 1 is 1.18 bits per heavy atom. The molecule has 0 bridgehead atoms. The molecule has 0 aliphatic carbocycles. The Balaban J connectivity index is 1.80. The second-order valence-electron chi connectivity index (χ2n) is 6.67. The molecule has 0 spiro atoms. The standard InChI is InChI=1S/C21H22ClN3O3/c1-2-28-21(26)16-5-8-19-23-20(15-3-6-17(22)7-4-15)18(25(19)13-16)14-24-9-11-27-12-10-24/h3-8,13H,2,9-12,14H2,1H3. The minimum Gasteiger partial charge on any atom is -0.462 e. The first kappa shape index (κ1) is 18.9. The molecule has 0 saturated carbocycles. The molecule has 1 aliphatic heterocycles. The van der Waals surface area contributed by atoms with Crippen molar-refractivity contribution in [3.63, 3.8) is 0 Å². The van der Waals surface area contributed by atoms with Crippen LogP contribution in [0.4, 0.5) is 0 Å². The van der Waals surface area contributed by atoms with E-state index in [-0.39, 0.29) is 5.97 Å². The molecule has 4 rings (SSSR count). The summed E-state index contributed by atoms with van der Waals surface area (Å²) in [7, 11) is 0. The Bertz CT molecular complexity index is 978. The van der Waals surface area contributed by atoms with Crippen molar-refractivity contribution in [2.45, 2.75) is 13.5 Å². The first-order valence-corrected chi connectivity index (χ1v) is 9.77. The summed E-state index contributed by atoms with van der Waals surface area (Å²) in [4.78, 5) is 19.4. The zero-order chi connectivity index (χ0) is 19.5. The second-order valence-corrected chi connectivity index (χ2v) is 7.11. The van der Waals surface area contributed by atoms with E-state index in [1.807, 2.05) is 40.9 Å². The van der Waals surface area contributed by atoms with E-state index in [1.54, 1.807) is 13.0 Å². The van der Waals surface area contributed by atoms with E-state index in [9.17, 15) is 4.79 Å². The molecule has 0 N–H and O–H groups in total. The van der Waals surface area contributed by atoms with E-state index in [2.05, 4.69) is 4.90 Å². The number of carbonyl (C=O) groups is 1. The number of morpholine rings is 1. The second kappa shape index (κ2) is 8.31. The summed E-state index contributed by atoms with van der Waals surface area (Å²) >= 11 is 6.06. The number of fused-ring (bicyclic) bond motifs is 1. The van der Waals surface area contributed by atoms with Gasteiger partial charge in [-0.25, -0.2) is 9.78 Å². The average molecular weight is 400 g/mol. The van der Waals surface area contributed by atoms with Crippen LogP contribution in [-0.2, 0) is 16.0 Å². The van der Waals surface area contributed by atoms with Crippen LogP contribution in [0.2, 0.25) is 5.02 Å². The lowest BCUT2D eigenvalue weighted by Gasteiger charge is -2.26. The van der Waals surface area contributed by atoms with Gasteiger partial charge in [-0.2, -0.15) is 0 Å². The van der Waals surface area contributed by atoms with Gasteiger partial charge in [-0.1, -0.05) is 23.7 Å². The van der Waals surface area contributed by atoms with Crippen LogP contribution in [0.1, 0.15) is 23.0 Å². The van der Waals surface area contributed by atoms with Gasteiger partial charge in [0, 0.05) is 36.4 Å². The smallest absolute Gasteiger partial charge is 0.339 e. The fraction of sp³-hybridized carbons (Fsp3) is 0.333. The Hall–Kier alpha value is -2.41. The molecule has 7 heteroatoms. The van der Waals surface area contributed by atoms with Crippen LogP contribution in [0.25, 0.3) is 16.9 Å². The largest absolute Gasteiger partial charge is 0.462 e. The Morgan fingerprint density at radius 3 is 2.64 bits per heavy atom. The van der Waals surface area contributed by atoms with Crippen LogP contribution in [0, 0.1) is 0 Å². The zero-order valence-corrected chi connectivity index (χ0v) is 16.5. The molecule has 0 radical (unpaired) electrons. The molecule has 2 aromatic heterocycles. The van der Waals surface area contributed by atoms with Crippen molar-refractivity contribution in [2.24, 2.45) is 0 Å². The van der Waals surface area contributed by atoms with Crippen molar-refractivity contribution >= 4 is 23.2 Å². The molecular weight excluding hydrogens is 378 g/mol. The Labute approximate surface area is 168 Å². The van der Waals surface area contributed by atoms with Crippen molar-refractivity contribution in [2.75, 3.05) is 32.9 Å². The predicted molar refractivity (Wildman–Crippen MR) is 108 cm³/mol. The van der Waals surface area contributed by atoms with Crippen molar-refractivity contribution in [3.05, 3.63) is 58.9 Å². The van der Waals surface area contributed by atoms with Gasteiger partial charge in [-0.05, 0) is 31.2 Å². The van der Waals surface area contributed by atoms with Gasteiger partial charge in [0.25, 0.3) is 0 Å². The number of rotatable bonds is 5. The quantitative estimate of drug-likeness (QED) is 0.613. The van der Waals surface area contributed by atoms with Crippen molar-refractivity contribution in [3.8, 4) is 11.3 Å². The first-order valence-electron chi connectivity index (χ1n) is 9.40. The minimum atomic E-state index is -0.330. The summed E-state index contributed by atoms with van der Waals surface area (Å²) in [5.74, 6) is -0.330. The lowest BCUT2D eigenvalue weighted by molar-refractivity contribution is 0.0336. The molecular formula is C21H22ClN3O3. The molecule has 0 atom stereocenters. The van der Waals surface area contributed by atoms with Gasteiger partial charge in [0.15, 0.2) is 0 Å². The lowest BCUT2D eigenvalue weighted by Crippen LogP contribution is -2.36. The molecule has 28 heavy (non-hydrogen) atoms. The van der Waals surface area contributed by atoms with Gasteiger partial charge in [0.05, 0.1) is 36.8 Å². The highest BCUT2D eigenvalue weighted by Crippen LogP contribution is 2.27. The highest BCUT2D eigenvalue weighted by atomic mass is 35.5. The number of ether oxygens (including phenoxy) is 2. The number of aromatic nitrogens is 2. The topological polar surface area (TPSA) is 56.1 Å². The number of hydrogen-bond acceptors (Lipinski definition) is 5. The molecule has 1 fully saturated rings. The van der Waals surface area contributed by atoms with E-state index in [0.29, 0.717) is 17.2 Å². The maximum atomic E-state index is 12.2. The fourth-order valence-corrected chi connectivity index (χ4v) is 3.52. The van der Waals surface area contributed by atoms with Gasteiger partial charge in [0.1, 0.15) is 5.65 Å². The van der Waals surface area contributed by atoms with Gasteiger partial charge in [0.2, 0.25) is 0 Å². The van der Waals surface area contributed by atoms with Crippen molar-refractivity contribution in [1.82, 2.24) is 14.3 Å². The van der Waals surface area contributed by atoms with Crippen LogP contribution in [0.15, 0.2) is 42.6 Å². The Kier molecular flexibility index (Phi) is 5.62. The minimum absolute atomic E-state index is 0.330. The third kappa shape index (κ3) is 3.90. The van der Waals surface area contributed by atoms with Crippen molar-refractivity contribution in [1.29, 1.82) is 0 Å². The molecule has 3 aromatic rings. The molecule has 0 unspecified atom stereocenters. The van der Waals surface area contributed by atoms with Gasteiger partial charge >= 0.3 is 5.97 Å². The average Bonchev–Trinajstić information content (AvgIpc) is 3.07. The van der Waals surface area contributed by atoms with Crippen molar-refractivity contribution < 1.29 is 14.3 Å². The predicted octanol–water partition coefficient (Wildman–Crippen LogP) is 3.66. The summed E-state index contributed by atoms with van der Waals surface area (Å²) in [5, 5.41) is 0.687. The summed E-state index contributed by atoms with van der Waals surface area (Å²) in [6, 6.07) is 11.3. The number of pyridine rings is 1. The van der Waals surface area contributed by atoms with E-state index >= 15 is 0 Å². The number of imidazole rings is 1. The van der Waals surface area contributed by atoms with Crippen LogP contribution in [0.3, 0.4) is 0 Å². The van der Waals surface area contributed by atoms with E-state index < -0.39 is 0 Å². The molecule has 146 valence electrons. The number of carbonyl (C=O) groups excluding carboxylic acids is 1. The van der Waals surface area contributed by atoms with Gasteiger partial charge < -0.3 is 13.9 Å². The number of benzene rings is 1. The zero-order valence-electron chi connectivity index (χ0n) is 15.7. The molecule has 3 heterocycles. The van der Waals surface area contributed by atoms with Crippen LogP contribution in [-0.4, -0.2) is 53.2 Å². The first-order chi connectivity index (χ1) is 13.7. The SMILES string of the molecule is CCOC(=O)c1ccc2nc(-c3ccc(Cl)cc3)c(CN3CCOCC3)n2c1. The monoisotopic (exact) mass is 399 g/mol. The van der Waals surface area contributed by atoms with Crippen LogP contribution >= 0.6 is 11.6 Å². The molecule has 1 aromatic carbocycles. The van der Waals surface area contributed by atoms with Gasteiger partial charge in [-0.15, -0.1) is 0 Å². The van der Waals surface area contributed by atoms with E-state index in [1.165, 1.54) is 0 Å². The number of halogens is 1. The maximum absolute atomic E-state index is 12.2. The molecule has 0 amide bonds. The third-order valence-corrected chi connectivity index (χ3v) is 5.08. The molecule has 6 nitrogen and oxygen atoms in total. The van der Waals surface area contributed by atoms with Crippen LogP contribution in [0.5, 0.6) is 0 Å². The van der Waals surface area contributed by atoms with E-state index in [4.69, 9.17) is 26.1 Å². The molecule has 1 saturated heterocycles. The fourth-order valence-electron chi connectivity index (χ4n) is 3.39. The number of esters is 1. The summed E-state index contributed by atoms with van der Waals surface area (Å²) in [6.45, 7) is 6.04. The summed E-state index contributed by atoms with van der Waals surface area (Å²) in [5.41, 5.74) is 4.22.